The lowest BCUT2D eigenvalue weighted by molar-refractivity contribution is -0.129. The number of aromatic nitrogens is 2. The number of hydrogen-bond donors (Lipinski definition) is 1. The zero-order valence-electron chi connectivity index (χ0n) is 8.31. The second-order valence-corrected chi connectivity index (χ2v) is 4.47. The molecule has 0 saturated heterocycles. The van der Waals surface area contributed by atoms with Crippen molar-refractivity contribution in [2.24, 2.45) is 5.10 Å². The van der Waals surface area contributed by atoms with E-state index in [4.69, 9.17) is 28.3 Å². The molecule has 17 heavy (non-hydrogen) atoms. The Morgan fingerprint density at radius 3 is 2.88 bits per heavy atom. The molecule has 1 aliphatic heterocycles. The monoisotopic (exact) mass is 269 g/mol. The van der Waals surface area contributed by atoms with Crippen LogP contribution in [0.3, 0.4) is 0 Å². The summed E-state index contributed by atoms with van der Waals surface area (Å²) >= 11 is 11.9. The molecular weight excluding hydrogens is 265 g/mol. The van der Waals surface area contributed by atoms with E-state index in [0.717, 1.165) is 0 Å². The second-order valence-electron chi connectivity index (χ2n) is 3.62. The molecule has 0 bridgehead atoms. The van der Waals surface area contributed by atoms with E-state index in [9.17, 15) is 4.79 Å². The number of fused-ring (bicyclic) bond motifs is 3. The highest BCUT2D eigenvalue weighted by Gasteiger charge is 2.25. The molecule has 0 unspecified atom stereocenters. The van der Waals surface area contributed by atoms with Gasteiger partial charge in [0, 0.05) is 5.02 Å². The van der Waals surface area contributed by atoms with Crippen LogP contribution in [0.15, 0.2) is 17.2 Å². The van der Waals surface area contributed by atoms with Crippen LogP contribution in [-0.4, -0.2) is 26.4 Å². The Morgan fingerprint density at radius 1 is 1.41 bits per heavy atom. The van der Waals surface area contributed by atoms with Crippen molar-refractivity contribution in [1.82, 2.24) is 9.66 Å². The van der Waals surface area contributed by atoms with Crippen molar-refractivity contribution in [2.75, 3.05) is 0 Å². The maximum atomic E-state index is 10.8. The summed E-state index contributed by atoms with van der Waals surface area (Å²) < 4.78 is 1.46. The van der Waals surface area contributed by atoms with Gasteiger partial charge in [0.2, 0.25) is 0 Å². The van der Waals surface area contributed by atoms with Crippen molar-refractivity contribution in [2.45, 2.75) is 6.42 Å². The van der Waals surface area contributed by atoms with Gasteiger partial charge < -0.3 is 5.11 Å². The van der Waals surface area contributed by atoms with Crippen molar-refractivity contribution < 1.29 is 9.90 Å². The highest BCUT2D eigenvalue weighted by Crippen LogP contribution is 2.30. The normalized spacial score (nSPS) is 13.9. The molecule has 7 heteroatoms. The molecule has 2 heterocycles. The van der Waals surface area contributed by atoms with Crippen LogP contribution in [0, 0.1) is 0 Å². The molecule has 0 aliphatic carbocycles. The zero-order chi connectivity index (χ0) is 12.2. The van der Waals surface area contributed by atoms with Crippen molar-refractivity contribution in [1.29, 1.82) is 0 Å². The van der Waals surface area contributed by atoms with Gasteiger partial charge in [0.15, 0.2) is 5.71 Å². The van der Waals surface area contributed by atoms with E-state index in [-0.39, 0.29) is 12.1 Å². The van der Waals surface area contributed by atoms with Crippen molar-refractivity contribution >= 4 is 45.9 Å². The van der Waals surface area contributed by atoms with Gasteiger partial charge in [-0.05, 0) is 12.1 Å². The summed E-state index contributed by atoms with van der Waals surface area (Å²) in [5.74, 6) is -0.490. The van der Waals surface area contributed by atoms with Gasteiger partial charge in [-0.2, -0.15) is 5.10 Å². The standard InChI is InChI=1S/C10H5Cl2N3O2/c11-4-1-5(12)9-6(2-4)13-8-3-7(10(16)17)14-15(8)9/h1-2H,3H2,(H,16,17). The van der Waals surface area contributed by atoms with Gasteiger partial charge in [-0.3, -0.25) is 0 Å². The Kier molecular flexibility index (Phi) is 2.14. The van der Waals surface area contributed by atoms with Crippen LogP contribution in [-0.2, 0) is 11.2 Å². The molecule has 1 N–H and O–H groups in total. The lowest BCUT2D eigenvalue weighted by atomic mass is 10.3. The molecule has 2 aromatic rings. The summed E-state index contributed by atoms with van der Waals surface area (Å²) in [7, 11) is 0. The van der Waals surface area contributed by atoms with E-state index in [1.54, 1.807) is 12.1 Å². The number of nitrogens with zero attached hydrogens (tertiary/aromatic N) is 3. The minimum atomic E-state index is -1.05. The Morgan fingerprint density at radius 2 is 2.18 bits per heavy atom. The van der Waals surface area contributed by atoms with Crippen LogP contribution in [0.1, 0.15) is 5.82 Å². The van der Waals surface area contributed by atoms with Crippen LogP contribution in [0.5, 0.6) is 0 Å². The Labute approximate surface area is 105 Å². The highest BCUT2D eigenvalue weighted by molar-refractivity contribution is 6.39. The number of carboxylic acids is 1. The number of rotatable bonds is 1. The first-order chi connectivity index (χ1) is 8.06. The first-order valence-corrected chi connectivity index (χ1v) is 5.49. The SMILES string of the molecule is O=C(O)C1=Nn2c(nc3cc(Cl)cc(Cl)c32)C1. The fourth-order valence-electron chi connectivity index (χ4n) is 1.81. The van der Waals surface area contributed by atoms with E-state index < -0.39 is 5.97 Å². The first-order valence-electron chi connectivity index (χ1n) is 4.74. The van der Waals surface area contributed by atoms with E-state index in [2.05, 4.69) is 10.1 Å². The molecule has 0 saturated carbocycles. The van der Waals surface area contributed by atoms with Crippen LogP contribution in [0.2, 0.25) is 10.0 Å². The maximum Gasteiger partial charge on any atom is 0.352 e. The lowest BCUT2D eigenvalue weighted by Crippen LogP contribution is -2.12. The lowest BCUT2D eigenvalue weighted by Gasteiger charge is -1.98. The summed E-state index contributed by atoms with van der Waals surface area (Å²) in [4.78, 5) is 15.1. The smallest absolute Gasteiger partial charge is 0.352 e. The minimum absolute atomic E-state index is 0.0559. The third-order valence-electron chi connectivity index (χ3n) is 2.51. The molecule has 1 aromatic heterocycles. The van der Waals surface area contributed by atoms with Crippen molar-refractivity contribution in [3.8, 4) is 0 Å². The zero-order valence-corrected chi connectivity index (χ0v) is 9.83. The number of halogens is 2. The molecule has 0 spiro atoms. The Balaban J connectivity index is 2.30. The van der Waals surface area contributed by atoms with Crippen LogP contribution in [0.4, 0.5) is 0 Å². The fourth-order valence-corrected chi connectivity index (χ4v) is 2.37. The van der Waals surface area contributed by atoms with Gasteiger partial charge in [-0.1, -0.05) is 23.2 Å². The second kappa shape index (κ2) is 3.45. The van der Waals surface area contributed by atoms with Crippen molar-refractivity contribution in [3.63, 3.8) is 0 Å². The first kappa shape index (κ1) is 10.6. The fraction of sp³-hybridized carbons (Fsp3) is 0.100. The average Bonchev–Trinajstić information content (AvgIpc) is 2.72. The van der Waals surface area contributed by atoms with Gasteiger partial charge in [0.05, 0.1) is 17.0 Å². The van der Waals surface area contributed by atoms with Gasteiger partial charge in [-0.15, -0.1) is 0 Å². The van der Waals surface area contributed by atoms with Gasteiger partial charge in [0.25, 0.3) is 0 Å². The number of hydrogen-bond acceptors (Lipinski definition) is 3. The molecular formula is C10H5Cl2N3O2. The van der Waals surface area contributed by atoms with Gasteiger partial charge in [0.1, 0.15) is 11.3 Å². The highest BCUT2D eigenvalue weighted by atomic mass is 35.5. The summed E-state index contributed by atoms with van der Waals surface area (Å²) in [6.07, 6.45) is 0.192. The molecule has 86 valence electrons. The molecule has 0 atom stereocenters. The third-order valence-corrected chi connectivity index (χ3v) is 3.01. The van der Waals surface area contributed by atoms with Gasteiger partial charge >= 0.3 is 5.97 Å². The molecule has 0 radical (unpaired) electrons. The Hall–Kier alpha value is -1.59. The number of imidazole rings is 1. The van der Waals surface area contributed by atoms with Gasteiger partial charge in [-0.25, -0.2) is 14.5 Å². The quantitative estimate of drug-likeness (QED) is 0.863. The largest absolute Gasteiger partial charge is 0.477 e. The summed E-state index contributed by atoms with van der Waals surface area (Å²) in [6, 6.07) is 3.25. The Bertz CT molecular complexity index is 690. The summed E-state index contributed by atoms with van der Waals surface area (Å²) in [6.45, 7) is 0. The van der Waals surface area contributed by atoms with E-state index in [1.807, 2.05) is 0 Å². The summed E-state index contributed by atoms with van der Waals surface area (Å²) in [5, 5.41) is 13.7. The predicted molar refractivity (Wildman–Crippen MR) is 63.9 cm³/mol. The average molecular weight is 270 g/mol. The molecule has 5 nitrogen and oxygen atoms in total. The van der Waals surface area contributed by atoms with E-state index in [1.165, 1.54) is 4.68 Å². The van der Waals surface area contributed by atoms with Crippen LogP contribution >= 0.6 is 23.2 Å². The molecule has 1 aromatic carbocycles. The minimum Gasteiger partial charge on any atom is -0.477 e. The van der Waals surface area contributed by atoms with Crippen molar-refractivity contribution in [3.05, 3.63) is 28.0 Å². The molecule has 0 fully saturated rings. The topological polar surface area (TPSA) is 67.5 Å². The number of carboxylic acid groups (broad SMARTS) is 1. The molecule has 3 rings (SSSR count). The maximum absolute atomic E-state index is 10.8. The predicted octanol–water partition coefficient (Wildman–Crippen LogP) is 2.19. The van der Waals surface area contributed by atoms with E-state index >= 15 is 0 Å². The number of carbonyl (C=O) groups is 1. The van der Waals surface area contributed by atoms with Crippen LogP contribution in [0.25, 0.3) is 11.0 Å². The summed E-state index contributed by atoms with van der Waals surface area (Å²) in [5.41, 5.74) is 1.26. The van der Waals surface area contributed by atoms with E-state index in [0.29, 0.717) is 26.9 Å². The van der Waals surface area contributed by atoms with Crippen LogP contribution < -0.4 is 0 Å². The number of aliphatic carboxylic acids is 1. The third kappa shape index (κ3) is 1.50. The molecule has 0 amide bonds. The molecule has 1 aliphatic rings. The number of benzene rings is 1.